The summed E-state index contributed by atoms with van der Waals surface area (Å²) in [6.07, 6.45) is 1.62. The summed E-state index contributed by atoms with van der Waals surface area (Å²) in [7, 11) is 0. The lowest BCUT2D eigenvalue weighted by molar-refractivity contribution is -0.0544. The summed E-state index contributed by atoms with van der Waals surface area (Å²) in [5.41, 5.74) is 0.787. The zero-order chi connectivity index (χ0) is 16.5. The van der Waals surface area contributed by atoms with Crippen LogP contribution in [0.1, 0.15) is 52.2 Å². The molecule has 124 valence electrons. The molecule has 1 aliphatic heterocycles. The normalized spacial score (nSPS) is 23.8. The minimum Gasteiger partial charge on any atom is -0.434 e. The fourth-order valence-corrected chi connectivity index (χ4v) is 2.95. The molecule has 2 nitrogen and oxygen atoms in total. The van der Waals surface area contributed by atoms with Crippen molar-refractivity contribution >= 4 is 11.6 Å². The molecule has 0 amide bonds. The third-order valence-corrected chi connectivity index (χ3v) is 4.75. The average Bonchev–Trinajstić information content (AvgIpc) is 2.85. The molecule has 0 aliphatic carbocycles. The molecule has 1 saturated heterocycles. The van der Waals surface area contributed by atoms with E-state index in [9.17, 15) is 8.78 Å². The number of benzene rings is 1. The molecule has 1 aromatic carbocycles. The maximum atomic E-state index is 12.6. The van der Waals surface area contributed by atoms with Gasteiger partial charge < -0.3 is 9.47 Å². The number of alkyl halides is 2. The summed E-state index contributed by atoms with van der Waals surface area (Å²) in [4.78, 5) is 0. The van der Waals surface area contributed by atoms with Crippen LogP contribution in [0.5, 0.6) is 5.75 Å². The standard InChI is InChI=1S/C17H23ClF2O2/c1-10(17(2,3)4)13-7-8-14(21-13)12-6-5-11(18)9-15(12)22-16(19)20/h5-6,9-10,13-14,16H,7-8H2,1-4H3/t10-,13-,14+/m0/s1. The SMILES string of the molecule is C[C@@H]([C@@H]1CC[C@H](c2ccc(Cl)cc2OC(F)F)O1)C(C)(C)C. The quantitative estimate of drug-likeness (QED) is 0.689. The highest BCUT2D eigenvalue weighted by Crippen LogP contribution is 2.43. The van der Waals surface area contributed by atoms with Gasteiger partial charge in [-0.15, -0.1) is 0 Å². The minimum absolute atomic E-state index is 0.108. The number of hydrogen-bond donors (Lipinski definition) is 0. The Bertz CT molecular complexity index is 514. The van der Waals surface area contributed by atoms with Gasteiger partial charge in [-0.3, -0.25) is 0 Å². The fourth-order valence-electron chi connectivity index (χ4n) is 2.79. The maximum Gasteiger partial charge on any atom is 0.387 e. The van der Waals surface area contributed by atoms with Crippen molar-refractivity contribution in [3.05, 3.63) is 28.8 Å². The zero-order valence-corrected chi connectivity index (χ0v) is 14.2. The summed E-state index contributed by atoms with van der Waals surface area (Å²) in [6, 6.07) is 4.82. The summed E-state index contributed by atoms with van der Waals surface area (Å²) in [5, 5.41) is 0.372. The lowest BCUT2D eigenvalue weighted by Crippen LogP contribution is -2.29. The third kappa shape index (κ3) is 4.11. The molecule has 1 fully saturated rings. The average molecular weight is 333 g/mol. The minimum atomic E-state index is -2.87. The Hall–Kier alpha value is -0.870. The molecule has 1 heterocycles. The van der Waals surface area contributed by atoms with Crippen LogP contribution in [0.4, 0.5) is 8.78 Å². The van der Waals surface area contributed by atoms with Crippen molar-refractivity contribution in [3.63, 3.8) is 0 Å². The van der Waals surface area contributed by atoms with Crippen LogP contribution < -0.4 is 4.74 Å². The Kier molecular flexibility index (Phi) is 5.33. The van der Waals surface area contributed by atoms with E-state index in [1.54, 1.807) is 12.1 Å². The molecule has 0 saturated carbocycles. The van der Waals surface area contributed by atoms with E-state index in [4.69, 9.17) is 16.3 Å². The summed E-state index contributed by atoms with van der Waals surface area (Å²) in [5.74, 6) is 0.487. The topological polar surface area (TPSA) is 18.5 Å². The van der Waals surface area contributed by atoms with Crippen molar-refractivity contribution < 1.29 is 18.3 Å². The van der Waals surface area contributed by atoms with Crippen LogP contribution in [0.15, 0.2) is 18.2 Å². The monoisotopic (exact) mass is 332 g/mol. The number of rotatable bonds is 4. The molecule has 3 atom stereocenters. The maximum absolute atomic E-state index is 12.6. The lowest BCUT2D eigenvalue weighted by atomic mass is 9.78. The Morgan fingerprint density at radius 1 is 1.27 bits per heavy atom. The largest absolute Gasteiger partial charge is 0.434 e. The third-order valence-electron chi connectivity index (χ3n) is 4.51. The van der Waals surface area contributed by atoms with E-state index in [2.05, 4.69) is 32.4 Å². The lowest BCUT2D eigenvalue weighted by Gasteiger charge is -2.32. The molecule has 0 unspecified atom stereocenters. The van der Waals surface area contributed by atoms with Crippen molar-refractivity contribution in [3.8, 4) is 5.75 Å². The van der Waals surface area contributed by atoms with Crippen LogP contribution >= 0.6 is 11.6 Å². The first-order chi connectivity index (χ1) is 10.2. The van der Waals surface area contributed by atoms with Crippen molar-refractivity contribution in [2.75, 3.05) is 0 Å². The molecule has 0 bridgehead atoms. The zero-order valence-electron chi connectivity index (χ0n) is 13.4. The van der Waals surface area contributed by atoms with Gasteiger partial charge in [0.25, 0.3) is 0 Å². The van der Waals surface area contributed by atoms with Gasteiger partial charge in [-0.1, -0.05) is 45.4 Å². The molecule has 0 N–H and O–H groups in total. The van der Waals surface area contributed by atoms with Crippen molar-refractivity contribution in [2.24, 2.45) is 11.3 Å². The van der Waals surface area contributed by atoms with Gasteiger partial charge in [0.15, 0.2) is 0 Å². The molecular weight excluding hydrogens is 310 g/mol. The van der Waals surface area contributed by atoms with E-state index in [0.717, 1.165) is 12.8 Å². The first-order valence-electron chi connectivity index (χ1n) is 7.58. The smallest absolute Gasteiger partial charge is 0.387 e. The first kappa shape index (κ1) is 17.5. The molecule has 2 rings (SSSR count). The van der Waals surface area contributed by atoms with Crippen molar-refractivity contribution in [1.29, 1.82) is 0 Å². The second-order valence-corrected chi connectivity index (χ2v) is 7.39. The summed E-state index contributed by atoms with van der Waals surface area (Å²) < 4.78 is 35.9. The molecule has 0 radical (unpaired) electrons. The Balaban J connectivity index is 2.17. The number of ether oxygens (including phenoxy) is 2. The van der Waals surface area contributed by atoms with E-state index in [1.165, 1.54) is 6.07 Å². The Labute approximate surface area is 135 Å². The van der Waals surface area contributed by atoms with E-state index in [1.807, 2.05) is 0 Å². The molecule has 0 aromatic heterocycles. The van der Waals surface area contributed by atoms with Crippen molar-refractivity contribution in [2.45, 2.75) is 59.4 Å². The first-order valence-corrected chi connectivity index (χ1v) is 7.96. The molecule has 22 heavy (non-hydrogen) atoms. The van der Waals surface area contributed by atoms with Gasteiger partial charge in [-0.05, 0) is 36.3 Å². The predicted molar refractivity (Wildman–Crippen MR) is 83.6 cm³/mol. The predicted octanol–water partition coefficient (Wildman–Crippen LogP) is 5.84. The fraction of sp³-hybridized carbons (Fsp3) is 0.647. The highest BCUT2D eigenvalue weighted by molar-refractivity contribution is 6.30. The Morgan fingerprint density at radius 3 is 2.55 bits per heavy atom. The second-order valence-electron chi connectivity index (χ2n) is 6.96. The van der Waals surface area contributed by atoms with Crippen LogP contribution in [-0.2, 0) is 4.74 Å². The second kappa shape index (κ2) is 6.71. The molecule has 1 aromatic rings. The van der Waals surface area contributed by atoms with Crippen LogP contribution in [0.25, 0.3) is 0 Å². The van der Waals surface area contributed by atoms with Gasteiger partial charge in [-0.25, -0.2) is 0 Å². The van der Waals surface area contributed by atoms with Gasteiger partial charge in [0.2, 0.25) is 0 Å². The molecular formula is C17H23ClF2O2. The van der Waals surface area contributed by atoms with Gasteiger partial charge in [-0.2, -0.15) is 8.78 Å². The van der Waals surface area contributed by atoms with E-state index < -0.39 is 6.61 Å². The van der Waals surface area contributed by atoms with Crippen LogP contribution in [0, 0.1) is 11.3 Å². The molecule has 5 heteroatoms. The van der Waals surface area contributed by atoms with Crippen LogP contribution in [0.2, 0.25) is 5.02 Å². The number of hydrogen-bond acceptors (Lipinski definition) is 2. The molecule has 1 aliphatic rings. The highest BCUT2D eigenvalue weighted by atomic mass is 35.5. The van der Waals surface area contributed by atoms with Crippen LogP contribution in [0.3, 0.4) is 0 Å². The van der Waals surface area contributed by atoms with Gasteiger partial charge >= 0.3 is 6.61 Å². The van der Waals surface area contributed by atoms with E-state index in [0.29, 0.717) is 16.5 Å². The van der Waals surface area contributed by atoms with Gasteiger partial charge in [0.05, 0.1) is 12.2 Å². The van der Waals surface area contributed by atoms with E-state index in [-0.39, 0.29) is 23.4 Å². The van der Waals surface area contributed by atoms with Gasteiger partial charge in [0.1, 0.15) is 5.75 Å². The molecule has 0 spiro atoms. The van der Waals surface area contributed by atoms with Gasteiger partial charge in [0, 0.05) is 10.6 Å². The highest BCUT2D eigenvalue weighted by Gasteiger charge is 2.36. The summed E-state index contributed by atoms with van der Waals surface area (Å²) >= 11 is 5.88. The number of halogens is 3. The van der Waals surface area contributed by atoms with E-state index >= 15 is 0 Å². The van der Waals surface area contributed by atoms with Crippen LogP contribution in [-0.4, -0.2) is 12.7 Å². The summed E-state index contributed by atoms with van der Waals surface area (Å²) in [6.45, 7) is 5.85. The Morgan fingerprint density at radius 2 is 1.95 bits per heavy atom. The van der Waals surface area contributed by atoms with Crippen molar-refractivity contribution in [1.82, 2.24) is 0 Å².